The van der Waals surface area contributed by atoms with Gasteiger partial charge >= 0.3 is 0 Å². The molecule has 1 aliphatic rings. The van der Waals surface area contributed by atoms with Crippen LogP contribution < -0.4 is 5.32 Å². The largest absolute Gasteiger partial charge is 0.343 e. The highest BCUT2D eigenvalue weighted by Crippen LogP contribution is 2.27. The summed E-state index contributed by atoms with van der Waals surface area (Å²) in [4.78, 5) is 12.9. The molecular weight excluding hydrogens is 379 g/mol. The molecule has 0 saturated heterocycles. The number of hydrogen-bond acceptors (Lipinski definition) is 4. The van der Waals surface area contributed by atoms with Crippen LogP contribution in [0.25, 0.3) is 5.69 Å². The van der Waals surface area contributed by atoms with Crippen LogP contribution in [0.15, 0.2) is 24.3 Å². The van der Waals surface area contributed by atoms with Gasteiger partial charge in [-0.15, -0.1) is 0 Å². The molecule has 9 heteroatoms. The number of aromatic amines is 1. The van der Waals surface area contributed by atoms with Gasteiger partial charge < -0.3 is 9.88 Å². The molecule has 0 saturated carbocycles. The molecule has 7 nitrogen and oxygen atoms in total. The van der Waals surface area contributed by atoms with Gasteiger partial charge in [0.05, 0.1) is 12.2 Å². The first kappa shape index (κ1) is 18.5. The Kier molecular flexibility index (Phi) is 5.08. The fourth-order valence-corrected chi connectivity index (χ4v) is 3.91. The molecule has 1 aromatic carbocycles. The van der Waals surface area contributed by atoms with Crippen LogP contribution in [0.2, 0.25) is 0 Å². The predicted molar refractivity (Wildman–Crippen MR) is 104 cm³/mol. The van der Waals surface area contributed by atoms with E-state index in [1.54, 1.807) is 16.8 Å². The molecule has 1 amide bonds. The number of carbonyl (C=O) groups excluding carboxylic acids is 1. The van der Waals surface area contributed by atoms with E-state index in [2.05, 4.69) is 20.6 Å². The molecule has 28 heavy (non-hydrogen) atoms. The van der Waals surface area contributed by atoms with Crippen molar-refractivity contribution in [2.24, 2.45) is 0 Å². The second-order valence-electron chi connectivity index (χ2n) is 6.74. The Morgan fingerprint density at radius 2 is 2.04 bits per heavy atom. The number of nitrogens with zero attached hydrogens (tertiary/aromatic N) is 4. The van der Waals surface area contributed by atoms with Crippen molar-refractivity contribution in [2.45, 2.75) is 45.7 Å². The minimum atomic E-state index is -0.299. The number of nitrogens with one attached hydrogen (secondary N) is 2. The first-order valence-electron chi connectivity index (χ1n) is 9.37. The van der Waals surface area contributed by atoms with Gasteiger partial charge in [-0.05, 0) is 69.1 Å². The topological polar surface area (TPSA) is 80.5 Å². The van der Waals surface area contributed by atoms with Gasteiger partial charge in [0.25, 0.3) is 5.91 Å². The number of aromatic nitrogens is 5. The quantitative estimate of drug-likeness (QED) is 0.645. The van der Waals surface area contributed by atoms with E-state index in [9.17, 15) is 9.18 Å². The summed E-state index contributed by atoms with van der Waals surface area (Å²) >= 11 is 5.18. The van der Waals surface area contributed by atoms with E-state index in [0.717, 1.165) is 42.6 Å². The number of fused-ring (bicyclic) bond motifs is 1. The summed E-state index contributed by atoms with van der Waals surface area (Å²) < 4.78 is 17.4. The number of amides is 1. The third kappa shape index (κ3) is 3.37. The van der Waals surface area contributed by atoms with Crippen LogP contribution in [-0.4, -0.2) is 30.5 Å². The Morgan fingerprint density at radius 3 is 2.79 bits per heavy atom. The molecule has 0 unspecified atom stereocenters. The highest BCUT2D eigenvalue weighted by atomic mass is 32.1. The lowest BCUT2D eigenvalue weighted by atomic mass is 9.95. The molecular formula is C19H21FN6OS. The van der Waals surface area contributed by atoms with Gasteiger partial charge in [0.15, 0.2) is 16.3 Å². The van der Waals surface area contributed by atoms with Crippen LogP contribution in [0.3, 0.4) is 0 Å². The Bertz CT molecular complexity index is 1070. The average molecular weight is 400 g/mol. The van der Waals surface area contributed by atoms with E-state index in [-0.39, 0.29) is 18.3 Å². The zero-order valence-corrected chi connectivity index (χ0v) is 16.4. The van der Waals surface area contributed by atoms with Gasteiger partial charge in [-0.25, -0.2) is 9.07 Å². The van der Waals surface area contributed by atoms with Gasteiger partial charge in [0, 0.05) is 17.8 Å². The monoisotopic (exact) mass is 400 g/mol. The SMILES string of the molecule is CCn1c(CNC(=O)c2nn(-c3ccc(F)cc3)c3c2CCCC3)n[nH]c1=S. The van der Waals surface area contributed by atoms with Gasteiger partial charge in [0.1, 0.15) is 5.82 Å². The van der Waals surface area contributed by atoms with Gasteiger partial charge in [-0.1, -0.05) is 0 Å². The summed E-state index contributed by atoms with van der Waals surface area (Å²) in [6, 6.07) is 6.16. The summed E-state index contributed by atoms with van der Waals surface area (Å²) in [5, 5.41) is 14.4. The zero-order chi connectivity index (χ0) is 19.7. The number of rotatable bonds is 5. The predicted octanol–water partition coefficient (Wildman–Crippen LogP) is 3.09. The standard InChI is InChI=1S/C19H21FN6OS/c1-2-25-16(22-23-19(25)28)11-21-18(27)17-14-5-3-4-6-15(14)26(24-17)13-9-7-12(20)8-10-13/h7-10H,2-6,11H2,1H3,(H,21,27)(H,23,28). The molecule has 0 aliphatic heterocycles. The lowest BCUT2D eigenvalue weighted by Crippen LogP contribution is -2.26. The normalized spacial score (nSPS) is 13.4. The summed E-state index contributed by atoms with van der Waals surface area (Å²) in [5.41, 5.74) is 3.18. The third-order valence-corrected chi connectivity index (χ3v) is 5.34. The first-order valence-corrected chi connectivity index (χ1v) is 9.78. The highest BCUT2D eigenvalue weighted by Gasteiger charge is 2.25. The lowest BCUT2D eigenvalue weighted by Gasteiger charge is -2.14. The van der Waals surface area contributed by atoms with Crippen molar-refractivity contribution in [1.82, 2.24) is 29.9 Å². The molecule has 1 aliphatic carbocycles. The summed E-state index contributed by atoms with van der Waals surface area (Å²) in [6.07, 6.45) is 3.73. The van der Waals surface area contributed by atoms with Crippen molar-refractivity contribution in [3.05, 3.63) is 57.6 Å². The third-order valence-electron chi connectivity index (χ3n) is 5.03. The maximum Gasteiger partial charge on any atom is 0.272 e. The van der Waals surface area contributed by atoms with Crippen LogP contribution in [0.5, 0.6) is 0 Å². The summed E-state index contributed by atoms with van der Waals surface area (Å²) in [5.74, 6) is 0.135. The zero-order valence-electron chi connectivity index (χ0n) is 15.5. The van der Waals surface area contributed by atoms with Gasteiger partial charge in [-0.2, -0.15) is 10.2 Å². The van der Waals surface area contributed by atoms with Crippen molar-refractivity contribution in [2.75, 3.05) is 0 Å². The van der Waals surface area contributed by atoms with E-state index in [1.165, 1.54) is 12.1 Å². The van der Waals surface area contributed by atoms with E-state index in [1.807, 2.05) is 11.5 Å². The highest BCUT2D eigenvalue weighted by molar-refractivity contribution is 7.71. The minimum absolute atomic E-state index is 0.240. The van der Waals surface area contributed by atoms with Crippen molar-refractivity contribution in [3.63, 3.8) is 0 Å². The number of hydrogen-bond donors (Lipinski definition) is 2. The molecule has 2 N–H and O–H groups in total. The summed E-state index contributed by atoms with van der Waals surface area (Å²) in [6.45, 7) is 2.91. The second kappa shape index (κ2) is 7.67. The van der Waals surface area contributed by atoms with Crippen LogP contribution in [0, 0.1) is 10.6 Å². The van der Waals surface area contributed by atoms with Crippen LogP contribution in [0.4, 0.5) is 4.39 Å². The Morgan fingerprint density at radius 1 is 1.29 bits per heavy atom. The van der Waals surface area contributed by atoms with Crippen LogP contribution in [0.1, 0.15) is 47.3 Å². The van der Waals surface area contributed by atoms with Gasteiger partial charge in [0.2, 0.25) is 0 Å². The van der Waals surface area contributed by atoms with Crippen molar-refractivity contribution in [1.29, 1.82) is 0 Å². The fraction of sp³-hybridized carbons (Fsp3) is 0.368. The molecule has 146 valence electrons. The molecule has 2 heterocycles. The minimum Gasteiger partial charge on any atom is -0.343 e. The maximum absolute atomic E-state index is 13.3. The molecule has 0 spiro atoms. The van der Waals surface area contributed by atoms with Crippen LogP contribution >= 0.6 is 12.2 Å². The number of H-pyrrole nitrogens is 1. The van der Waals surface area contributed by atoms with Crippen LogP contribution in [-0.2, 0) is 25.9 Å². The maximum atomic E-state index is 13.3. The molecule has 4 rings (SSSR count). The molecule has 0 fully saturated rings. The van der Waals surface area contributed by atoms with E-state index < -0.39 is 0 Å². The molecule has 0 bridgehead atoms. The molecule has 2 aromatic heterocycles. The smallest absolute Gasteiger partial charge is 0.272 e. The average Bonchev–Trinajstić information content (AvgIpc) is 3.27. The first-order chi connectivity index (χ1) is 13.6. The van der Waals surface area contributed by atoms with E-state index >= 15 is 0 Å². The number of carbonyl (C=O) groups is 1. The van der Waals surface area contributed by atoms with Crippen molar-refractivity contribution in [3.8, 4) is 5.69 Å². The van der Waals surface area contributed by atoms with E-state index in [4.69, 9.17) is 12.2 Å². The van der Waals surface area contributed by atoms with Crippen molar-refractivity contribution >= 4 is 18.1 Å². The van der Waals surface area contributed by atoms with Gasteiger partial charge in [-0.3, -0.25) is 9.89 Å². The Balaban J connectivity index is 1.62. The molecule has 0 atom stereocenters. The fourth-order valence-electron chi connectivity index (χ4n) is 3.63. The molecule has 0 radical (unpaired) electrons. The molecule has 3 aromatic rings. The lowest BCUT2D eigenvalue weighted by molar-refractivity contribution is 0.0943. The Labute approximate surface area is 166 Å². The second-order valence-corrected chi connectivity index (χ2v) is 7.13. The number of benzene rings is 1. The Hall–Kier alpha value is -2.81. The van der Waals surface area contributed by atoms with Crippen molar-refractivity contribution < 1.29 is 9.18 Å². The van der Waals surface area contributed by atoms with E-state index in [0.29, 0.717) is 22.8 Å². The number of halogens is 1. The summed E-state index contributed by atoms with van der Waals surface area (Å²) in [7, 11) is 0.